The van der Waals surface area contributed by atoms with E-state index in [1.807, 2.05) is 30.0 Å². The van der Waals surface area contributed by atoms with Crippen LogP contribution < -0.4 is 0 Å². The number of benzene rings is 1. The van der Waals surface area contributed by atoms with E-state index in [4.69, 9.17) is 0 Å². The largest absolute Gasteiger partial charge is 0.340 e. The molecule has 1 heterocycles. The monoisotopic (exact) mass is 231 g/mol. The van der Waals surface area contributed by atoms with Crippen LogP contribution in [0.25, 0.3) is 0 Å². The summed E-state index contributed by atoms with van der Waals surface area (Å²) in [6, 6.07) is 10.7. The molecule has 2 heteroatoms. The van der Waals surface area contributed by atoms with E-state index in [1.54, 1.807) is 0 Å². The molecule has 1 amide bonds. The van der Waals surface area contributed by atoms with Gasteiger partial charge in [0.1, 0.15) is 0 Å². The zero-order valence-electron chi connectivity index (χ0n) is 10.7. The maximum atomic E-state index is 12.3. The second-order valence-electron chi connectivity index (χ2n) is 5.11. The first-order chi connectivity index (χ1) is 8.18. The van der Waals surface area contributed by atoms with Gasteiger partial charge >= 0.3 is 0 Å². The quantitative estimate of drug-likeness (QED) is 0.783. The van der Waals surface area contributed by atoms with Crippen molar-refractivity contribution in [3.05, 3.63) is 35.9 Å². The van der Waals surface area contributed by atoms with Crippen LogP contribution in [0, 0.1) is 5.92 Å². The van der Waals surface area contributed by atoms with Crippen LogP contribution in [-0.4, -0.2) is 23.4 Å². The van der Waals surface area contributed by atoms with Crippen molar-refractivity contribution < 1.29 is 4.79 Å². The zero-order chi connectivity index (χ0) is 12.3. The summed E-state index contributed by atoms with van der Waals surface area (Å²) in [6.45, 7) is 5.14. The highest BCUT2D eigenvalue weighted by Crippen LogP contribution is 2.20. The first-order valence-electron chi connectivity index (χ1n) is 6.53. The number of hydrogen-bond acceptors (Lipinski definition) is 1. The minimum absolute atomic E-state index is 0.0953. The Kier molecular flexibility index (Phi) is 3.82. The molecule has 0 N–H and O–H groups in total. The van der Waals surface area contributed by atoms with Crippen LogP contribution in [0.1, 0.15) is 32.3 Å². The molecule has 92 valence electrons. The molecule has 2 atom stereocenters. The molecule has 1 aromatic rings. The third kappa shape index (κ3) is 2.87. The molecule has 1 aliphatic heterocycles. The second kappa shape index (κ2) is 5.35. The van der Waals surface area contributed by atoms with Gasteiger partial charge in [0.05, 0.1) is 0 Å². The molecule has 1 aliphatic rings. The van der Waals surface area contributed by atoms with Crippen LogP contribution in [0.5, 0.6) is 0 Å². The number of carbonyl (C=O) groups excluding carboxylic acids is 1. The molecule has 0 spiro atoms. The summed E-state index contributed by atoms with van der Waals surface area (Å²) < 4.78 is 0. The summed E-state index contributed by atoms with van der Waals surface area (Å²) in [7, 11) is 0. The molecule has 2 nitrogen and oxygen atoms in total. The van der Waals surface area contributed by atoms with Crippen molar-refractivity contribution in [2.24, 2.45) is 5.92 Å². The van der Waals surface area contributed by atoms with Gasteiger partial charge in [-0.1, -0.05) is 37.3 Å². The van der Waals surface area contributed by atoms with Crippen LogP contribution in [0.4, 0.5) is 0 Å². The molecule has 0 saturated carbocycles. The fourth-order valence-electron chi connectivity index (χ4n) is 2.60. The maximum Gasteiger partial charge on any atom is 0.225 e. The zero-order valence-corrected chi connectivity index (χ0v) is 10.7. The Hall–Kier alpha value is -1.31. The molecule has 17 heavy (non-hydrogen) atoms. The van der Waals surface area contributed by atoms with Gasteiger partial charge < -0.3 is 4.90 Å². The summed E-state index contributed by atoms with van der Waals surface area (Å²) in [6.07, 6.45) is 3.16. The Balaban J connectivity index is 1.96. The fraction of sp³-hybridized carbons (Fsp3) is 0.533. The molecule has 0 unspecified atom stereocenters. The topological polar surface area (TPSA) is 20.3 Å². The van der Waals surface area contributed by atoms with E-state index >= 15 is 0 Å². The molecule has 0 bridgehead atoms. The lowest BCUT2D eigenvalue weighted by Crippen LogP contribution is -2.38. The van der Waals surface area contributed by atoms with E-state index in [0.29, 0.717) is 11.9 Å². The van der Waals surface area contributed by atoms with Gasteiger partial charge in [0.2, 0.25) is 5.91 Å². The van der Waals surface area contributed by atoms with Crippen molar-refractivity contribution in [1.82, 2.24) is 4.90 Å². The lowest BCUT2D eigenvalue weighted by atomic mass is 9.99. The molecule has 1 aromatic carbocycles. The summed E-state index contributed by atoms with van der Waals surface area (Å²) in [5.41, 5.74) is 1.25. The summed E-state index contributed by atoms with van der Waals surface area (Å²) >= 11 is 0. The number of hydrogen-bond donors (Lipinski definition) is 0. The predicted octanol–water partition coefficient (Wildman–Crippen LogP) is 2.88. The normalized spacial score (nSPS) is 21.5. The molecule has 1 fully saturated rings. The van der Waals surface area contributed by atoms with Crippen LogP contribution >= 0.6 is 0 Å². The SMILES string of the molecule is C[C@@H]1CCCN1C(=O)[C@@H](C)Cc1ccccc1. The van der Waals surface area contributed by atoms with E-state index in [9.17, 15) is 4.79 Å². The Bertz CT molecular complexity index is 374. The van der Waals surface area contributed by atoms with Crippen molar-refractivity contribution >= 4 is 5.91 Å². The number of amides is 1. The Morgan fingerprint density at radius 1 is 1.41 bits per heavy atom. The molecule has 0 radical (unpaired) electrons. The number of rotatable bonds is 3. The minimum atomic E-state index is 0.0953. The van der Waals surface area contributed by atoms with Gasteiger partial charge in [-0.2, -0.15) is 0 Å². The van der Waals surface area contributed by atoms with E-state index in [2.05, 4.69) is 19.1 Å². The maximum absolute atomic E-state index is 12.3. The highest BCUT2D eigenvalue weighted by atomic mass is 16.2. The van der Waals surface area contributed by atoms with Crippen LogP contribution in [0.2, 0.25) is 0 Å². The van der Waals surface area contributed by atoms with Crippen molar-refractivity contribution in [3.63, 3.8) is 0 Å². The van der Waals surface area contributed by atoms with E-state index in [-0.39, 0.29) is 5.92 Å². The number of nitrogens with zero attached hydrogens (tertiary/aromatic N) is 1. The Morgan fingerprint density at radius 3 is 2.71 bits per heavy atom. The van der Waals surface area contributed by atoms with E-state index < -0.39 is 0 Å². The van der Waals surface area contributed by atoms with Gasteiger partial charge in [-0.15, -0.1) is 0 Å². The summed E-state index contributed by atoms with van der Waals surface area (Å²) in [5, 5.41) is 0. The van der Waals surface area contributed by atoms with Crippen LogP contribution in [0.3, 0.4) is 0 Å². The average molecular weight is 231 g/mol. The van der Waals surface area contributed by atoms with Crippen molar-refractivity contribution in [3.8, 4) is 0 Å². The molecule has 0 aromatic heterocycles. The Labute approximate surface area is 104 Å². The Morgan fingerprint density at radius 2 is 2.12 bits per heavy atom. The van der Waals surface area contributed by atoms with Gasteiger partial charge in [-0.25, -0.2) is 0 Å². The van der Waals surface area contributed by atoms with Gasteiger partial charge in [0.25, 0.3) is 0 Å². The summed E-state index contributed by atoms with van der Waals surface area (Å²) in [5.74, 6) is 0.414. The van der Waals surface area contributed by atoms with Gasteiger partial charge in [0.15, 0.2) is 0 Å². The smallest absolute Gasteiger partial charge is 0.225 e. The first kappa shape index (κ1) is 12.2. The standard InChI is InChI=1S/C15H21NO/c1-12(11-14-8-4-3-5-9-14)15(17)16-10-6-7-13(16)2/h3-5,8-9,12-13H,6-7,10-11H2,1-2H3/t12-,13+/m0/s1. The van der Waals surface area contributed by atoms with Gasteiger partial charge in [-0.05, 0) is 31.7 Å². The fourth-order valence-corrected chi connectivity index (χ4v) is 2.60. The third-order valence-corrected chi connectivity index (χ3v) is 3.64. The molecular weight excluding hydrogens is 210 g/mol. The van der Waals surface area contributed by atoms with Crippen molar-refractivity contribution in [2.45, 2.75) is 39.2 Å². The third-order valence-electron chi connectivity index (χ3n) is 3.64. The first-order valence-corrected chi connectivity index (χ1v) is 6.53. The minimum Gasteiger partial charge on any atom is -0.340 e. The van der Waals surface area contributed by atoms with Crippen LogP contribution in [-0.2, 0) is 11.2 Å². The lowest BCUT2D eigenvalue weighted by molar-refractivity contribution is -0.135. The van der Waals surface area contributed by atoms with Crippen molar-refractivity contribution in [1.29, 1.82) is 0 Å². The highest BCUT2D eigenvalue weighted by molar-refractivity contribution is 5.79. The highest BCUT2D eigenvalue weighted by Gasteiger charge is 2.28. The van der Waals surface area contributed by atoms with Gasteiger partial charge in [0, 0.05) is 18.5 Å². The average Bonchev–Trinajstić information content (AvgIpc) is 2.76. The molecule has 0 aliphatic carbocycles. The van der Waals surface area contributed by atoms with E-state index in [1.165, 1.54) is 5.56 Å². The second-order valence-corrected chi connectivity index (χ2v) is 5.11. The molecule has 2 rings (SSSR count). The summed E-state index contributed by atoms with van der Waals surface area (Å²) in [4.78, 5) is 14.3. The molecular formula is C15H21NO. The lowest BCUT2D eigenvalue weighted by Gasteiger charge is -2.25. The molecule has 1 saturated heterocycles. The van der Waals surface area contributed by atoms with Crippen molar-refractivity contribution in [2.75, 3.05) is 6.54 Å². The van der Waals surface area contributed by atoms with E-state index in [0.717, 1.165) is 25.8 Å². The predicted molar refractivity (Wildman–Crippen MR) is 69.7 cm³/mol. The number of likely N-dealkylation sites (tertiary alicyclic amines) is 1. The van der Waals surface area contributed by atoms with Crippen LogP contribution in [0.15, 0.2) is 30.3 Å². The number of carbonyl (C=O) groups is 1. The van der Waals surface area contributed by atoms with Gasteiger partial charge in [-0.3, -0.25) is 4.79 Å².